The number of rotatable bonds is 0. The summed E-state index contributed by atoms with van der Waals surface area (Å²) in [6.45, 7) is 2.35. The molecular formula is C9H13NO. The lowest BCUT2D eigenvalue weighted by Gasteiger charge is -2.30. The molecule has 0 bridgehead atoms. The van der Waals surface area contributed by atoms with Gasteiger partial charge in [-0.3, -0.25) is 9.69 Å². The maximum atomic E-state index is 11.1. The molecule has 2 heterocycles. The summed E-state index contributed by atoms with van der Waals surface area (Å²) < 4.78 is 0. The van der Waals surface area contributed by atoms with Gasteiger partial charge in [0.1, 0.15) is 5.78 Å². The molecule has 1 saturated carbocycles. The van der Waals surface area contributed by atoms with Crippen LogP contribution >= 0.6 is 0 Å². The van der Waals surface area contributed by atoms with Gasteiger partial charge in [0.25, 0.3) is 0 Å². The number of fused-ring (bicyclic) bond motifs is 3. The first-order valence-corrected chi connectivity index (χ1v) is 4.60. The van der Waals surface area contributed by atoms with E-state index in [0.717, 1.165) is 31.2 Å². The number of hydrogen-bond donors (Lipinski definition) is 0. The van der Waals surface area contributed by atoms with E-state index in [4.69, 9.17) is 0 Å². The highest BCUT2D eigenvalue weighted by molar-refractivity contribution is 5.80. The lowest BCUT2D eigenvalue weighted by atomic mass is 9.99. The molecule has 3 fully saturated rings. The summed E-state index contributed by atoms with van der Waals surface area (Å²) in [5, 5.41) is 0. The molecule has 0 radical (unpaired) electrons. The topological polar surface area (TPSA) is 20.3 Å². The number of carbonyl (C=O) groups is 1. The van der Waals surface area contributed by atoms with Gasteiger partial charge in [-0.1, -0.05) is 0 Å². The number of hydrogen-bond acceptors (Lipinski definition) is 2. The Morgan fingerprint density at radius 2 is 2.36 bits per heavy atom. The molecule has 11 heavy (non-hydrogen) atoms. The number of piperidine rings is 2. The largest absolute Gasteiger partial charge is 0.300 e. The quantitative estimate of drug-likeness (QED) is 0.507. The zero-order valence-electron chi connectivity index (χ0n) is 6.62. The third-order valence-electron chi connectivity index (χ3n) is 3.52. The van der Waals surface area contributed by atoms with Crippen LogP contribution in [-0.4, -0.2) is 29.8 Å². The Morgan fingerprint density at radius 1 is 1.45 bits per heavy atom. The van der Waals surface area contributed by atoms with Crippen LogP contribution in [0.25, 0.3) is 0 Å². The average Bonchev–Trinajstić information content (AvgIpc) is 2.67. The predicted molar refractivity (Wildman–Crippen MR) is 41.2 cm³/mol. The minimum atomic E-state index is 0.499. The van der Waals surface area contributed by atoms with Crippen LogP contribution in [0.5, 0.6) is 0 Å². The molecule has 0 aromatic carbocycles. The molecule has 3 atom stereocenters. The minimum absolute atomic E-state index is 0.499. The Kier molecular flexibility index (Phi) is 1.05. The van der Waals surface area contributed by atoms with Gasteiger partial charge in [0.15, 0.2) is 0 Å². The van der Waals surface area contributed by atoms with Crippen molar-refractivity contribution in [1.29, 1.82) is 0 Å². The van der Waals surface area contributed by atoms with E-state index in [1.807, 2.05) is 0 Å². The summed E-state index contributed by atoms with van der Waals surface area (Å²) >= 11 is 0. The highest BCUT2D eigenvalue weighted by Gasteiger charge is 2.53. The zero-order chi connectivity index (χ0) is 7.42. The molecule has 1 aliphatic carbocycles. The standard InChI is InChI=1S/C9H13NO/c11-7-1-2-10-5-6-3-8(6)9(10)4-7/h6,8-9H,1-5H2/t6-,8-,9?/m1/s1. The van der Waals surface area contributed by atoms with Crippen molar-refractivity contribution in [3.8, 4) is 0 Å². The molecule has 3 rings (SSSR count). The van der Waals surface area contributed by atoms with Crippen molar-refractivity contribution in [2.75, 3.05) is 13.1 Å². The molecule has 2 heteroatoms. The number of ketones is 1. The van der Waals surface area contributed by atoms with E-state index >= 15 is 0 Å². The first-order chi connectivity index (χ1) is 5.34. The first-order valence-electron chi connectivity index (χ1n) is 4.60. The Balaban J connectivity index is 1.81. The van der Waals surface area contributed by atoms with Gasteiger partial charge in [0, 0.05) is 32.0 Å². The summed E-state index contributed by atoms with van der Waals surface area (Å²) in [4.78, 5) is 13.7. The number of Topliss-reactive ketones (excluding diaryl/α,β-unsaturated/α-hetero) is 1. The molecule has 0 spiro atoms. The van der Waals surface area contributed by atoms with E-state index < -0.39 is 0 Å². The fraction of sp³-hybridized carbons (Fsp3) is 0.889. The molecule has 0 N–H and O–H groups in total. The minimum Gasteiger partial charge on any atom is -0.300 e. The fourth-order valence-electron chi connectivity index (χ4n) is 2.80. The van der Waals surface area contributed by atoms with Crippen LogP contribution < -0.4 is 0 Å². The van der Waals surface area contributed by atoms with Gasteiger partial charge < -0.3 is 0 Å². The maximum Gasteiger partial charge on any atom is 0.135 e. The van der Waals surface area contributed by atoms with Crippen LogP contribution in [0, 0.1) is 11.8 Å². The Hall–Kier alpha value is -0.370. The van der Waals surface area contributed by atoms with Crippen LogP contribution in [0.2, 0.25) is 0 Å². The summed E-state index contributed by atoms with van der Waals surface area (Å²) in [5.74, 6) is 2.39. The Morgan fingerprint density at radius 3 is 3.27 bits per heavy atom. The number of carbonyl (C=O) groups excluding carboxylic acids is 1. The molecule has 2 aliphatic heterocycles. The van der Waals surface area contributed by atoms with Gasteiger partial charge in [-0.2, -0.15) is 0 Å². The monoisotopic (exact) mass is 151 g/mol. The molecule has 0 aromatic rings. The maximum absolute atomic E-state index is 11.1. The van der Waals surface area contributed by atoms with Crippen LogP contribution in [0.1, 0.15) is 19.3 Å². The molecule has 1 unspecified atom stereocenters. The molecule has 2 nitrogen and oxygen atoms in total. The van der Waals surface area contributed by atoms with E-state index in [0.29, 0.717) is 11.8 Å². The molecule has 3 aliphatic rings. The van der Waals surface area contributed by atoms with E-state index in [1.165, 1.54) is 13.0 Å². The molecular weight excluding hydrogens is 138 g/mol. The normalized spacial score (nSPS) is 48.7. The van der Waals surface area contributed by atoms with Crippen molar-refractivity contribution in [1.82, 2.24) is 4.90 Å². The average molecular weight is 151 g/mol. The fourth-order valence-corrected chi connectivity index (χ4v) is 2.80. The van der Waals surface area contributed by atoms with Crippen molar-refractivity contribution >= 4 is 5.78 Å². The van der Waals surface area contributed by atoms with Gasteiger partial charge in [-0.05, 0) is 18.3 Å². The lowest BCUT2D eigenvalue weighted by molar-refractivity contribution is -0.122. The highest BCUT2D eigenvalue weighted by Crippen LogP contribution is 2.51. The summed E-state index contributed by atoms with van der Waals surface area (Å²) in [5.41, 5.74) is 0. The van der Waals surface area contributed by atoms with Gasteiger partial charge >= 0.3 is 0 Å². The molecule has 0 aromatic heterocycles. The third-order valence-corrected chi connectivity index (χ3v) is 3.52. The second kappa shape index (κ2) is 1.86. The van der Waals surface area contributed by atoms with Crippen molar-refractivity contribution < 1.29 is 4.79 Å². The lowest BCUT2D eigenvalue weighted by Crippen LogP contribution is -2.40. The zero-order valence-corrected chi connectivity index (χ0v) is 6.62. The van der Waals surface area contributed by atoms with Crippen LogP contribution in [-0.2, 0) is 4.79 Å². The van der Waals surface area contributed by atoms with Crippen LogP contribution in [0.4, 0.5) is 0 Å². The van der Waals surface area contributed by atoms with Crippen LogP contribution in [0.15, 0.2) is 0 Å². The molecule has 2 saturated heterocycles. The SMILES string of the molecule is O=C1CCN2C[C@H]3C[C@H]3C2C1. The predicted octanol–water partition coefficient (Wildman–Crippen LogP) is 0.670. The summed E-state index contributed by atoms with van der Waals surface area (Å²) in [7, 11) is 0. The van der Waals surface area contributed by atoms with Crippen molar-refractivity contribution in [2.45, 2.75) is 25.3 Å². The molecule has 0 amide bonds. The van der Waals surface area contributed by atoms with E-state index in [9.17, 15) is 4.79 Å². The Labute approximate surface area is 66.6 Å². The second-order valence-electron chi connectivity index (χ2n) is 4.21. The van der Waals surface area contributed by atoms with Crippen molar-refractivity contribution in [2.24, 2.45) is 11.8 Å². The highest BCUT2D eigenvalue weighted by atomic mass is 16.1. The smallest absolute Gasteiger partial charge is 0.135 e. The van der Waals surface area contributed by atoms with Crippen molar-refractivity contribution in [3.63, 3.8) is 0 Å². The molecule has 60 valence electrons. The summed E-state index contributed by atoms with van der Waals surface area (Å²) in [6.07, 6.45) is 3.09. The van der Waals surface area contributed by atoms with E-state index in [1.54, 1.807) is 0 Å². The van der Waals surface area contributed by atoms with Gasteiger partial charge in [0.2, 0.25) is 0 Å². The number of nitrogens with zero attached hydrogens (tertiary/aromatic N) is 1. The summed E-state index contributed by atoms with van der Waals surface area (Å²) in [6, 6.07) is 0.668. The Bertz CT molecular complexity index is 214. The van der Waals surface area contributed by atoms with Gasteiger partial charge in [-0.15, -0.1) is 0 Å². The van der Waals surface area contributed by atoms with E-state index in [-0.39, 0.29) is 0 Å². The second-order valence-corrected chi connectivity index (χ2v) is 4.21. The van der Waals surface area contributed by atoms with E-state index in [2.05, 4.69) is 4.90 Å². The van der Waals surface area contributed by atoms with Gasteiger partial charge in [-0.25, -0.2) is 0 Å². The van der Waals surface area contributed by atoms with Crippen molar-refractivity contribution in [3.05, 3.63) is 0 Å². The van der Waals surface area contributed by atoms with Gasteiger partial charge in [0.05, 0.1) is 0 Å². The third kappa shape index (κ3) is 0.791. The first kappa shape index (κ1) is 6.18. The van der Waals surface area contributed by atoms with Crippen LogP contribution in [0.3, 0.4) is 0 Å².